The SMILES string of the molecule is CC(=O)Nc1ccc(CC(=O)N2CCN(C(=O)c3ccc(Cl)cc3)CC2)cc1. The Morgan fingerprint density at radius 1 is 0.893 bits per heavy atom. The van der Waals surface area contributed by atoms with Crippen LogP contribution in [0.25, 0.3) is 0 Å². The molecule has 1 N–H and O–H groups in total. The fourth-order valence-corrected chi connectivity index (χ4v) is 3.26. The second-order valence-corrected chi connectivity index (χ2v) is 7.17. The molecule has 0 atom stereocenters. The summed E-state index contributed by atoms with van der Waals surface area (Å²) in [5.74, 6) is -0.141. The topological polar surface area (TPSA) is 69.7 Å². The quantitative estimate of drug-likeness (QED) is 0.859. The van der Waals surface area contributed by atoms with E-state index in [-0.39, 0.29) is 17.7 Å². The average molecular weight is 400 g/mol. The van der Waals surface area contributed by atoms with Gasteiger partial charge in [-0.1, -0.05) is 23.7 Å². The summed E-state index contributed by atoms with van der Waals surface area (Å²) < 4.78 is 0. The minimum atomic E-state index is -0.130. The third-order valence-corrected chi connectivity index (χ3v) is 4.89. The van der Waals surface area contributed by atoms with Crippen LogP contribution in [0.4, 0.5) is 5.69 Å². The Bertz CT molecular complexity index is 857. The molecular weight excluding hydrogens is 378 g/mol. The van der Waals surface area contributed by atoms with E-state index in [0.29, 0.717) is 48.9 Å². The summed E-state index contributed by atoms with van der Waals surface area (Å²) in [6.45, 7) is 3.50. The number of nitrogens with one attached hydrogen (secondary N) is 1. The van der Waals surface area contributed by atoms with Crippen LogP contribution in [0, 0.1) is 0 Å². The molecule has 0 spiro atoms. The monoisotopic (exact) mass is 399 g/mol. The Balaban J connectivity index is 1.51. The lowest BCUT2D eigenvalue weighted by Crippen LogP contribution is -2.51. The van der Waals surface area contributed by atoms with Gasteiger partial charge in [-0.2, -0.15) is 0 Å². The highest BCUT2D eigenvalue weighted by Gasteiger charge is 2.24. The van der Waals surface area contributed by atoms with Gasteiger partial charge in [-0.3, -0.25) is 14.4 Å². The number of piperazine rings is 1. The van der Waals surface area contributed by atoms with Crippen molar-refractivity contribution in [2.75, 3.05) is 31.5 Å². The first-order valence-corrected chi connectivity index (χ1v) is 9.49. The number of hydrogen-bond acceptors (Lipinski definition) is 3. The number of anilines is 1. The number of carbonyl (C=O) groups is 3. The smallest absolute Gasteiger partial charge is 0.253 e. The molecule has 1 aliphatic heterocycles. The lowest BCUT2D eigenvalue weighted by atomic mass is 10.1. The van der Waals surface area contributed by atoms with Crippen LogP contribution in [-0.4, -0.2) is 53.7 Å². The molecule has 0 radical (unpaired) electrons. The van der Waals surface area contributed by atoms with Crippen molar-refractivity contribution in [2.45, 2.75) is 13.3 Å². The van der Waals surface area contributed by atoms with Crippen LogP contribution in [0.15, 0.2) is 48.5 Å². The highest BCUT2D eigenvalue weighted by Crippen LogP contribution is 2.15. The fraction of sp³-hybridized carbons (Fsp3) is 0.286. The van der Waals surface area contributed by atoms with Gasteiger partial charge in [-0.15, -0.1) is 0 Å². The lowest BCUT2D eigenvalue weighted by Gasteiger charge is -2.35. The van der Waals surface area contributed by atoms with Crippen LogP contribution in [0.1, 0.15) is 22.8 Å². The Morgan fingerprint density at radius 3 is 2.04 bits per heavy atom. The zero-order valence-corrected chi connectivity index (χ0v) is 16.4. The van der Waals surface area contributed by atoms with Crippen LogP contribution in [0.3, 0.4) is 0 Å². The number of nitrogens with zero attached hydrogens (tertiary/aromatic N) is 2. The first-order valence-electron chi connectivity index (χ1n) is 9.11. The van der Waals surface area contributed by atoms with Gasteiger partial charge in [0.2, 0.25) is 11.8 Å². The molecule has 146 valence electrons. The molecule has 0 saturated carbocycles. The van der Waals surface area contributed by atoms with Gasteiger partial charge in [0, 0.05) is 49.4 Å². The van der Waals surface area contributed by atoms with Crippen molar-refractivity contribution in [3.05, 3.63) is 64.7 Å². The van der Waals surface area contributed by atoms with Gasteiger partial charge in [0.05, 0.1) is 6.42 Å². The maximum absolute atomic E-state index is 12.6. The van der Waals surface area contributed by atoms with E-state index in [9.17, 15) is 14.4 Å². The number of benzene rings is 2. The van der Waals surface area contributed by atoms with E-state index >= 15 is 0 Å². The van der Waals surface area contributed by atoms with E-state index in [4.69, 9.17) is 11.6 Å². The van der Waals surface area contributed by atoms with Gasteiger partial charge in [-0.05, 0) is 42.0 Å². The van der Waals surface area contributed by atoms with Crippen molar-refractivity contribution >= 4 is 35.0 Å². The van der Waals surface area contributed by atoms with Gasteiger partial charge in [-0.25, -0.2) is 0 Å². The first-order chi connectivity index (χ1) is 13.4. The van der Waals surface area contributed by atoms with E-state index in [0.717, 1.165) is 5.56 Å². The molecule has 6 nitrogen and oxygen atoms in total. The zero-order chi connectivity index (χ0) is 20.1. The number of halogens is 1. The van der Waals surface area contributed by atoms with Crippen LogP contribution in [0.2, 0.25) is 5.02 Å². The van der Waals surface area contributed by atoms with Crippen molar-refractivity contribution in [2.24, 2.45) is 0 Å². The number of rotatable bonds is 4. The Hall–Kier alpha value is -2.86. The van der Waals surface area contributed by atoms with Gasteiger partial charge in [0.1, 0.15) is 0 Å². The molecule has 1 heterocycles. The predicted molar refractivity (Wildman–Crippen MR) is 108 cm³/mol. The van der Waals surface area contributed by atoms with E-state index in [1.807, 2.05) is 12.1 Å². The van der Waals surface area contributed by atoms with Crippen molar-refractivity contribution in [3.8, 4) is 0 Å². The summed E-state index contributed by atoms with van der Waals surface area (Å²) in [6, 6.07) is 14.1. The molecule has 0 aromatic heterocycles. The van der Waals surface area contributed by atoms with E-state index in [2.05, 4.69) is 5.32 Å². The second kappa shape index (κ2) is 8.89. The molecule has 1 fully saturated rings. The van der Waals surface area contributed by atoms with Crippen LogP contribution in [0.5, 0.6) is 0 Å². The zero-order valence-electron chi connectivity index (χ0n) is 15.7. The highest BCUT2D eigenvalue weighted by molar-refractivity contribution is 6.30. The Morgan fingerprint density at radius 2 is 1.46 bits per heavy atom. The minimum Gasteiger partial charge on any atom is -0.339 e. The Labute approximate surface area is 169 Å². The number of carbonyl (C=O) groups excluding carboxylic acids is 3. The molecule has 7 heteroatoms. The fourth-order valence-electron chi connectivity index (χ4n) is 3.13. The van der Waals surface area contributed by atoms with Crippen LogP contribution >= 0.6 is 11.6 Å². The van der Waals surface area contributed by atoms with Crippen LogP contribution in [-0.2, 0) is 16.0 Å². The second-order valence-electron chi connectivity index (χ2n) is 6.73. The van der Waals surface area contributed by atoms with Crippen LogP contribution < -0.4 is 5.32 Å². The normalized spacial score (nSPS) is 13.9. The summed E-state index contributed by atoms with van der Waals surface area (Å²) >= 11 is 5.87. The summed E-state index contributed by atoms with van der Waals surface area (Å²) in [5, 5.41) is 3.30. The lowest BCUT2D eigenvalue weighted by molar-refractivity contribution is -0.131. The molecule has 0 unspecified atom stereocenters. The maximum atomic E-state index is 12.6. The molecule has 0 aliphatic carbocycles. The van der Waals surface area contributed by atoms with Gasteiger partial charge in [0.25, 0.3) is 5.91 Å². The standard InChI is InChI=1S/C21H22ClN3O3/c1-15(26)23-19-8-2-16(3-9-19)14-20(27)24-10-12-25(13-11-24)21(28)17-4-6-18(22)7-5-17/h2-9H,10-14H2,1H3,(H,23,26). The summed E-state index contributed by atoms with van der Waals surface area (Å²) in [6.07, 6.45) is 0.297. The number of hydrogen-bond donors (Lipinski definition) is 1. The molecule has 28 heavy (non-hydrogen) atoms. The molecule has 1 saturated heterocycles. The molecule has 1 aliphatic rings. The molecular formula is C21H22ClN3O3. The predicted octanol–water partition coefficient (Wildman–Crippen LogP) is 2.83. The van der Waals surface area contributed by atoms with E-state index in [1.54, 1.807) is 46.2 Å². The largest absolute Gasteiger partial charge is 0.339 e. The number of amides is 3. The van der Waals surface area contributed by atoms with Gasteiger partial charge >= 0.3 is 0 Å². The van der Waals surface area contributed by atoms with Crippen molar-refractivity contribution in [1.82, 2.24) is 9.80 Å². The highest BCUT2D eigenvalue weighted by atomic mass is 35.5. The molecule has 0 bridgehead atoms. The summed E-state index contributed by atoms with van der Waals surface area (Å²) in [5.41, 5.74) is 2.19. The molecule has 2 aromatic carbocycles. The first kappa shape index (κ1) is 19.9. The third-order valence-electron chi connectivity index (χ3n) is 4.64. The summed E-state index contributed by atoms with van der Waals surface area (Å²) in [7, 11) is 0. The average Bonchev–Trinajstić information content (AvgIpc) is 2.69. The molecule has 3 amide bonds. The summed E-state index contributed by atoms with van der Waals surface area (Å²) in [4.78, 5) is 39.7. The van der Waals surface area contributed by atoms with E-state index in [1.165, 1.54) is 6.92 Å². The molecule has 2 aromatic rings. The minimum absolute atomic E-state index is 0.0332. The van der Waals surface area contributed by atoms with Crippen molar-refractivity contribution in [3.63, 3.8) is 0 Å². The maximum Gasteiger partial charge on any atom is 0.253 e. The molecule has 3 rings (SSSR count). The van der Waals surface area contributed by atoms with Gasteiger partial charge < -0.3 is 15.1 Å². The van der Waals surface area contributed by atoms with Crippen molar-refractivity contribution < 1.29 is 14.4 Å². The van der Waals surface area contributed by atoms with E-state index < -0.39 is 0 Å². The third kappa shape index (κ3) is 5.10. The Kier molecular flexibility index (Phi) is 6.31. The van der Waals surface area contributed by atoms with Gasteiger partial charge in [0.15, 0.2) is 0 Å². The van der Waals surface area contributed by atoms with Crippen molar-refractivity contribution in [1.29, 1.82) is 0 Å².